The Morgan fingerprint density at radius 3 is 2.76 bits per heavy atom. The number of nitro benzene ring substituents is 1. The van der Waals surface area contributed by atoms with Crippen LogP contribution in [0.5, 0.6) is 5.75 Å². The van der Waals surface area contributed by atoms with Gasteiger partial charge < -0.3 is 19.9 Å². The molecule has 0 amide bonds. The summed E-state index contributed by atoms with van der Waals surface area (Å²) in [6.07, 6.45) is -0.183. The molecule has 21 heavy (non-hydrogen) atoms. The van der Waals surface area contributed by atoms with Crippen molar-refractivity contribution in [1.82, 2.24) is 0 Å². The zero-order valence-corrected chi connectivity index (χ0v) is 11.9. The Labute approximate surface area is 121 Å². The van der Waals surface area contributed by atoms with Crippen molar-refractivity contribution < 1.29 is 24.3 Å². The summed E-state index contributed by atoms with van der Waals surface area (Å²) in [5.41, 5.74) is 0.154. The molecule has 0 aromatic heterocycles. The van der Waals surface area contributed by atoms with Crippen molar-refractivity contribution in [2.45, 2.75) is 20.0 Å². The van der Waals surface area contributed by atoms with E-state index >= 15 is 0 Å². The second-order valence-electron chi connectivity index (χ2n) is 4.45. The number of nitrogens with zero attached hydrogens (tertiary/aromatic N) is 1. The number of benzene rings is 1. The highest BCUT2D eigenvalue weighted by Gasteiger charge is 2.21. The van der Waals surface area contributed by atoms with Crippen LogP contribution in [0.4, 0.5) is 11.4 Å². The van der Waals surface area contributed by atoms with E-state index in [-0.39, 0.29) is 30.7 Å². The number of nitrogens with one attached hydrogen (secondary N) is 1. The van der Waals surface area contributed by atoms with Crippen LogP contribution in [0.3, 0.4) is 0 Å². The average molecular weight is 298 g/mol. The van der Waals surface area contributed by atoms with E-state index < -0.39 is 17.5 Å². The number of rotatable bonds is 9. The molecule has 0 aliphatic heterocycles. The first-order valence-corrected chi connectivity index (χ1v) is 6.39. The lowest BCUT2D eigenvalue weighted by Crippen LogP contribution is -2.15. The Balaban J connectivity index is 2.72. The third-order valence-electron chi connectivity index (χ3n) is 2.33. The lowest BCUT2D eigenvalue weighted by molar-refractivity contribution is -0.385. The van der Waals surface area contributed by atoms with Crippen molar-refractivity contribution in [2.75, 3.05) is 25.1 Å². The summed E-state index contributed by atoms with van der Waals surface area (Å²) < 4.78 is 10.3. The summed E-state index contributed by atoms with van der Waals surface area (Å²) in [5, 5.41) is 22.4. The second-order valence-corrected chi connectivity index (χ2v) is 4.45. The molecule has 0 unspecified atom stereocenters. The van der Waals surface area contributed by atoms with Gasteiger partial charge >= 0.3 is 11.7 Å². The monoisotopic (exact) mass is 298 g/mol. The van der Waals surface area contributed by atoms with Crippen LogP contribution < -0.4 is 10.1 Å². The average Bonchev–Trinajstić information content (AvgIpc) is 2.36. The topological polar surface area (TPSA) is 111 Å². The van der Waals surface area contributed by atoms with Crippen molar-refractivity contribution in [3.8, 4) is 5.75 Å². The van der Waals surface area contributed by atoms with E-state index in [0.29, 0.717) is 5.69 Å². The van der Waals surface area contributed by atoms with Crippen LogP contribution in [-0.2, 0) is 9.53 Å². The lowest BCUT2D eigenvalue weighted by atomic mass is 10.2. The molecule has 2 N–H and O–H groups in total. The van der Waals surface area contributed by atoms with Gasteiger partial charge in [-0.1, -0.05) is 6.07 Å². The standard InChI is InChI=1S/C13H18N2O6/c1-9(2)21-11-5-3-4-10(13(11)15(18)19)14-6-7-20-8-12(16)17/h3-5,9,14H,6-8H2,1-2H3,(H,16,17). The number of nitro groups is 1. The molecule has 1 aromatic rings. The summed E-state index contributed by atoms with van der Waals surface area (Å²) in [7, 11) is 0. The molecule has 1 aromatic carbocycles. The third-order valence-corrected chi connectivity index (χ3v) is 2.33. The maximum Gasteiger partial charge on any atom is 0.333 e. The SMILES string of the molecule is CC(C)Oc1cccc(NCCOCC(=O)O)c1[N+](=O)[O-]. The zero-order valence-electron chi connectivity index (χ0n) is 11.9. The number of hydrogen-bond acceptors (Lipinski definition) is 6. The molecule has 0 saturated carbocycles. The summed E-state index contributed by atoms with van der Waals surface area (Å²) in [4.78, 5) is 20.9. The van der Waals surface area contributed by atoms with E-state index in [0.717, 1.165) is 0 Å². The normalized spacial score (nSPS) is 10.4. The largest absolute Gasteiger partial charge is 0.484 e. The van der Waals surface area contributed by atoms with Crippen LogP contribution >= 0.6 is 0 Å². The van der Waals surface area contributed by atoms with Crippen LogP contribution in [0, 0.1) is 10.1 Å². The highest BCUT2D eigenvalue weighted by atomic mass is 16.6. The van der Waals surface area contributed by atoms with E-state index in [1.165, 1.54) is 6.07 Å². The molecule has 8 nitrogen and oxygen atoms in total. The number of carboxylic acid groups (broad SMARTS) is 1. The minimum atomic E-state index is -1.06. The number of aliphatic carboxylic acids is 1. The minimum absolute atomic E-state index is 0.124. The van der Waals surface area contributed by atoms with Gasteiger partial charge in [-0.25, -0.2) is 4.79 Å². The smallest absolute Gasteiger partial charge is 0.333 e. The van der Waals surface area contributed by atoms with Gasteiger partial charge in [-0.05, 0) is 26.0 Å². The fourth-order valence-electron chi connectivity index (χ4n) is 1.62. The van der Waals surface area contributed by atoms with Gasteiger partial charge in [0.15, 0.2) is 5.75 Å². The molecule has 0 saturated heterocycles. The predicted octanol–water partition coefficient (Wildman–Crippen LogP) is 1.90. The first-order valence-electron chi connectivity index (χ1n) is 6.39. The summed E-state index contributed by atoms with van der Waals surface area (Å²) in [6.45, 7) is 3.53. The second kappa shape index (κ2) is 8.05. The first-order chi connectivity index (χ1) is 9.91. The molecule has 0 bridgehead atoms. The molecule has 8 heteroatoms. The van der Waals surface area contributed by atoms with Gasteiger partial charge in [-0.15, -0.1) is 0 Å². The fraction of sp³-hybridized carbons (Fsp3) is 0.462. The number of carboxylic acids is 1. The maximum absolute atomic E-state index is 11.2. The van der Waals surface area contributed by atoms with Gasteiger partial charge in [0.25, 0.3) is 0 Å². The molecule has 0 atom stereocenters. The Kier molecular flexibility index (Phi) is 6.41. The van der Waals surface area contributed by atoms with Crippen LogP contribution in [0.2, 0.25) is 0 Å². The van der Waals surface area contributed by atoms with Crippen molar-refractivity contribution in [3.63, 3.8) is 0 Å². The number of anilines is 1. The molecule has 0 radical (unpaired) electrons. The minimum Gasteiger partial charge on any atom is -0.484 e. The van der Waals surface area contributed by atoms with Crippen LogP contribution in [0.25, 0.3) is 0 Å². The summed E-state index contributed by atoms with van der Waals surface area (Å²) in [6, 6.07) is 4.73. The molecule has 0 fully saturated rings. The van der Waals surface area contributed by atoms with Gasteiger partial charge in [0, 0.05) is 6.54 Å². The van der Waals surface area contributed by atoms with Crippen LogP contribution in [0.15, 0.2) is 18.2 Å². The number of hydrogen-bond donors (Lipinski definition) is 2. The zero-order chi connectivity index (χ0) is 15.8. The van der Waals surface area contributed by atoms with Crippen molar-refractivity contribution >= 4 is 17.3 Å². The van der Waals surface area contributed by atoms with E-state index in [9.17, 15) is 14.9 Å². The molecule has 0 heterocycles. The van der Waals surface area contributed by atoms with Gasteiger partial charge in [0.05, 0.1) is 17.6 Å². The highest BCUT2D eigenvalue weighted by Crippen LogP contribution is 2.35. The van der Waals surface area contributed by atoms with Gasteiger partial charge in [0.1, 0.15) is 12.3 Å². The quantitative estimate of drug-likeness (QED) is 0.407. The third kappa shape index (κ3) is 5.65. The molecular weight excluding hydrogens is 280 g/mol. The van der Waals surface area contributed by atoms with Crippen molar-refractivity contribution in [2.24, 2.45) is 0 Å². The number of carbonyl (C=O) groups is 1. The van der Waals surface area contributed by atoms with E-state index in [1.807, 2.05) is 0 Å². The predicted molar refractivity (Wildman–Crippen MR) is 75.8 cm³/mol. The molecule has 0 aliphatic rings. The summed E-state index contributed by atoms with van der Waals surface area (Å²) >= 11 is 0. The molecular formula is C13H18N2O6. The fourth-order valence-corrected chi connectivity index (χ4v) is 1.62. The number of para-hydroxylation sites is 1. The van der Waals surface area contributed by atoms with Crippen LogP contribution in [-0.4, -0.2) is 41.9 Å². The summed E-state index contributed by atoms with van der Waals surface area (Å²) in [5.74, 6) is -0.875. The molecule has 1 rings (SSSR count). The van der Waals surface area contributed by atoms with E-state index in [2.05, 4.69) is 5.32 Å². The van der Waals surface area contributed by atoms with E-state index in [1.54, 1.807) is 26.0 Å². The van der Waals surface area contributed by atoms with Gasteiger partial charge in [0.2, 0.25) is 0 Å². The Hall–Kier alpha value is -2.35. The van der Waals surface area contributed by atoms with Gasteiger partial charge in [-0.3, -0.25) is 10.1 Å². The Morgan fingerprint density at radius 2 is 2.19 bits per heavy atom. The van der Waals surface area contributed by atoms with Gasteiger partial charge in [-0.2, -0.15) is 0 Å². The Morgan fingerprint density at radius 1 is 1.48 bits per heavy atom. The Bertz CT molecular complexity index is 503. The van der Waals surface area contributed by atoms with Crippen LogP contribution in [0.1, 0.15) is 13.8 Å². The molecule has 0 spiro atoms. The number of ether oxygens (including phenoxy) is 2. The van der Waals surface area contributed by atoms with Crippen molar-refractivity contribution in [1.29, 1.82) is 0 Å². The molecule has 0 aliphatic carbocycles. The maximum atomic E-state index is 11.2. The first kappa shape index (κ1) is 16.7. The highest BCUT2D eigenvalue weighted by molar-refractivity contribution is 5.69. The van der Waals surface area contributed by atoms with E-state index in [4.69, 9.17) is 14.6 Å². The van der Waals surface area contributed by atoms with Crippen molar-refractivity contribution in [3.05, 3.63) is 28.3 Å². The lowest BCUT2D eigenvalue weighted by Gasteiger charge is -2.13. The molecule has 116 valence electrons.